The molecule has 1 aromatic heterocycles. The number of fused-ring (bicyclic) bond motifs is 1. The van der Waals surface area contributed by atoms with E-state index in [1.807, 2.05) is 6.07 Å². The van der Waals surface area contributed by atoms with Crippen LogP contribution in [0.3, 0.4) is 0 Å². The highest BCUT2D eigenvalue weighted by molar-refractivity contribution is 7.92. The first-order chi connectivity index (χ1) is 20.7. The highest BCUT2D eigenvalue weighted by Crippen LogP contribution is 2.31. The SMILES string of the molecule is COc1cc(Nc2nc3ccccc3nc2NS(=O)(=O)c2cccc(NC(=O)CNc3ccc(Cl)cc3)c2)cc(OC)c1. The summed E-state index contributed by atoms with van der Waals surface area (Å²) in [7, 11) is -1.10. The highest BCUT2D eigenvalue weighted by Gasteiger charge is 2.20. The third-order valence-electron chi connectivity index (χ3n) is 6.14. The molecule has 220 valence electrons. The summed E-state index contributed by atoms with van der Waals surface area (Å²) < 4.78 is 40.3. The van der Waals surface area contributed by atoms with Crippen molar-refractivity contribution in [3.63, 3.8) is 0 Å². The zero-order valence-electron chi connectivity index (χ0n) is 23.1. The van der Waals surface area contributed by atoms with E-state index in [2.05, 4.69) is 30.6 Å². The van der Waals surface area contributed by atoms with Gasteiger partial charge in [0.05, 0.1) is 36.7 Å². The van der Waals surface area contributed by atoms with E-state index < -0.39 is 10.0 Å². The van der Waals surface area contributed by atoms with E-state index in [0.29, 0.717) is 44.6 Å². The number of methoxy groups -OCH3 is 2. The van der Waals surface area contributed by atoms with Crippen molar-refractivity contribution in [3.8, 4) is 11.5 Å². The molecular weight excluding hydrogens is 592 g/mol. The van der Waals surface area contributed by atoms with Gasteiger partial charge in [-0.25, -0.2) is 18.4 Å². The largest absolute Gasteiger partial charge is 0.497 e. The lowest BCUT2D eigenvalue weighted by Crippen LogP contribution is -2.22. The molecule has 0 saturated carbocycles. The van der Waals surface area contributed by atoms with Crippen LogP contribution in [-0.2, 0) is 14.8 Å². The number of ether oxygens (including phenoxy) is 2. The first-order valence-corrected chi connectivity index (χ1v) is 14.8. The molecule has 0 aliphatic heterocycles. The summed E-state index contributed by atoms with van der Waals surface area (Å²) in [6.07, 6.45) is 0. The van der Waals surface area contributed by atoms with E-state index in [4.69, 9.17) is 21.1 Å². The fourth-order valence-corrected chi connectivity index (χ4v) is 5.24. The maximum Gasteiger partial charge on any atom is 0.263 e. The third-order valence-corrected chi connectivity index (χ3v) is 7.73. The van der Waals surface area contributed by atoms with Crippen molar-refractivity contribution in [1.29, 1.82) is 0 Å². The molecule has 0 bridgehead atoms. The molecule has 11 nitrogen and oxygen atoms in total. The van der Waals surface area contributed by atoms with Crippen LogP contribution in [0.15, 0.2) is 95.9 Å². The Morgan fingerprint density at radius 1 is 0.767 bits per heavy atom. The lowest BCUT2D eigenvalue weighted by Gasteiger charge is -2.15. The first kappa shape index (κ1) is 29.4. The van der Waals surface area contributed by atoms with Gasteiger partial charge in [-0.05, 0) is 54.6 Å². The van der Waals surface area contributed by atoms with E-state index in [1.54, 1.807) is 66.7 Å². The summed E-state index contributed by atoms with van der Waals surface area (Å²) >= 11 is 5.90. The number of benzene rings is 4. The summed E-state index contributed by atoms with van der Waals surface area (Å²) in [4.78, 5) is 21.6. The Bertz CT molecular complexity index is 1860. The summed E-state index contributed by atoms with van der Waals surface area (Å²) in [6, 6.07) is 25.0. The van der Waals surface area contributed by atoms with Crippen molar-refractivity contribution in [2.45, 2.75) is 4.90 Å². The average molecular weight is 619 g/mol. The second-order valence-electron chi connectivity index (χ2n) is 9.18. The second-order valence-corrected chi connectivity index (χ2v) is 11.3. The monoisotopic (exact) mass is 618 g/mol. The van der Waals surface area contributed by atoms with Gasteiger partial charge in [-0.3, -0.25) is 9.52 Å². The number of hydrogen-bond acceptors (Lipinski definition) is 9. The molecule has 0 aliphatic carbocycles. The van der Waals surface area contributed by atoms with Crippen LogP contribution >= 0.6 is 11.6 Å². The van der Waals surface area contributed by atoms with E-state index in [9.17, 15) is 13.2 Å². The molecule has 5 aromatic rings. The maximum atomic E-state index is 13.5. The Kier molecular flexibility index (Phi) is 8.79. The van der Waals surface area contributed by atoms with Gasteiger partial charge in [0.15, 0.2) is 11.6 Å². The van der Waals surface area contributed by atoms with Gasteiger partial charge in [0.1, 0.15) is 11.5 Å². The average Bonchev–Trinajstić information content (AvgIpc) is 3.01. The van der Waals surface area contributed by atoms with Gasteiger partial charge in [-0.1, -0.05) is 29.8 Å². The summed E-state index contributed by atoms with van der Waals surface area (Å²) in [6.45, 7) is -0.0341. The van der Waals surface area contributed by atoms with Gasteiger partial charge in [-0.2, -0.15) is 0 Å². The number of sulfonamides is 1. The number of nitrogens with one attached hydrogen (secondary N) is 4. The van der Waals surface area contributed by atoms with Gasteiger partial charge in [0.25, 0.3) is 10.0 Å². The van der Waals surface area contributed by atoms with E-state index in [0.717, 1.165) is 0 Å². The van der Waals surface area contributed by atoms with Crippen LogP contribution in [0.2, 0.25) is 5.02 Å². The summed E-state index contributed by atoms with van der Waals surface area (Å²) in [5, 5.41) is 9.40. The van der Waals surface area contributed by atoms with Crippen molar-refractivity contribution in [1.82, 2.24) is 9.97 Å². The Morgan fingerprint density at radius 3 is 2.07 bits per heavy atom. The van der Waals surface area contributed by atoms with Gasteiger partial charge in [-0.15, -0.1) is 0 Å². The number of hydrogen-bond donors (Lipinski definition) is 4. The molecule has 13 heteroatoms. The van der Waals surface area contributed by atoms with E-state index in [-0.39, 0.29) is 29.0 Å². The topological polar surface area (TPSA) is 144 Å². The van der Waals surface area contributed by atoms with Crippen molar-refractivity contribution in [2.75, 3.05) is 41.4 Å². The Labute approximate surface area is 253 Å². The molecule has 4 N–H and O–H groups in total. The van der Waals surface area contributed by atoms with Crippen LogP contribution in [0, 0.1) is 0 Å². The Morgan fingerprint density at radius 2 is 1.42 bits per heavy atom. The van der Waals surface area contributed by atoms with Crippen molar-refractivity contribution >= 4 is 67.3 Å². The number of halogens is 1. The molecule has 0 aliphatic rings. The second kappa shape index (κ2) is 12.8. The Balaban J connectivity index is 1.38. The zero-order valence-corrected chi connectivity index (χ0v) is 24.7. The smallest absolute Gasteiger partial charge is 0.263 e. The normalized spacial score (nSPS) is 11.0. The molecule has 1 heterocycles. The molecule has 5 rings (SSSR count). The number of rotatable bonds is 11. The number of para-hydroxylation sites is 2. The van der Waals surface area contributed by atoms with Crippen molar-refractivity contribution in [3.05, 3.63) is 96.0 Å². The molecule has 4 aromatic carbocycles. The van der Waals surface area contributed by atoms with E-state index >= 15 is 0 Å². The zero-order chi connectivity index (χ0) is 30.4. The number of aromatic nitrogens is 2. The van der Waals surface area contributed by atoms with Gasteiger partial charge >= 0.3 is 0 Å². The van der Waals surface area contributed by atoms with Crippen LogP contribution in [0.25, 0.3) is 11.0 Å². The molecule has 0 saturated heterocycles. The van der Waals surface area contributed by atoms with Crippen LogP contribution in [0.1, 0.15) is 0 Å². The van der Waals surface area contributed by atoms with Crippen LogP contribution in [-0.4, -0.2) is 45.1 Å². The highest BCUT2D eigenvalue weighted by atomic mass is 35.5. The number of carbonyl (C=O) groups excluding carboxylic acids is 1. The summed E-state index contributed by atoms with van der Waals surface area (Å²) in [5.74, 6) is 0.829. The predicted molar refractivity (Wildman–Crippen MR) is 168 cm³/mol. The van der Waals surface area contributed by atoms with Crippen LogP contribution in [0.5, 0.6) is 11.5 Å². The van der Waals surface area contributed by atoms with Gasteiger partial charge in [0, 0.05) is 40.3 Å². The Hall–Kier alpha value is -5.07. The molecule has 0 unspecified atom stereocenters. The quantitative estimate of drug-likeness (QED) is 0.142. The van der Waals surface area contributed by atoms with Gasteiger partial charge in [0.2, 0.25) is 5.91 Å². The number of amides is 1. The predicted octanol–water partition coefficient (Wildman–Crippen LogP) is 5.90. The molecule has 0 fully saturated rings. The number of carbonyl (C=O) groups is 1. The minimum atomic E-state index is -4.16. The van der Waals surface area contributed by atoms with Gasteiger partial charge < -0.3 is 25.4 Å². The molecule has 1 amide bonds. The lowest BCUT2D eigenvalue weighted by molar-refractivity contribution is -0.114. The maximum absolute atomic E-state index is 13.5. The van der Waals surface area contributed by atoms with Crippen molar-refractivity contribution in [2.24, 2.45) is 0 Å². The third kappa shape index (κ3) is 7.42. The molecule has 43 heavy (non-hydrogen) atoms. The van der Waals surface area contributed by atoms with E-state index in [1.165, 1.54) is 32.4 Å². The molecule has 0 radical (unpaired) electrons. The summed E-state index contributed by atoms with van der Waals surface area (Å²) in [5.41, 5.74) is 2.60. The standard InChI is InChI=1S/C30H27ClN6O5S/c1-41-23-14-22(15-24(17-23)42-2)34-29-30(36-27-9-4-3-8-26(27)35-29)37-43(39,40)25-7-5-6-21(16-25)33-28(38)18-32-20-12-10-19(31)11-13-20/h3-17,32H,18H2,1-2H3,(H,33,38)(H,34,35)(H,36,37). The fourth-order valence-electron chi connectivity index (χ4n) is 4.06. The van der Waals surface area contributed by atoms with Crippen LogP contribution in [0.4, 0.5) is 28.7 Å². The minimum Gasteiger partial charge on any atom is -0.497 e. The molecule has 0 spiro atoms. The minimum absolute atomic E-state index is 0.0258. The first-order valence-electron chi connectivity index (χ1n) is 12.9. The fraction of sp³-hybridized carbons (Fsp3) is 0.100. The number of anilines is 5. The van der Waals surface area contributed by atoms with Crippen LogP contribution < -0.4 is 30.1 Å². The molecular formula is C30H27ClN6O5S. The van der Waals surface area contributed by atoms with Crippen molar-refractivity contribution < 1.29 is 22.7 Å². The lowest BCUT2D eigenvalue weighted by atomic mass is 10.2. The molecule has 0 atom stereocenters. The number of nitrogens with zero attached hydrogens (tertiary/aromatic N) is 2.